The third-order valence-corrected chi connectivity index (χ3v) is 8.80. The molecule has 322 valence electrons. The summed E-state index contributed by atoms with van der Waals surface area (Å²) >= 11 is 5.43. The van der Waals surface area contributed by atoms with Crippen LogP contribution in [0.25, 0.3) is 51.8 Å². The summed E-state index contributed by atoms with van der Waals surface area (Å²) < 4.78 is 51.1. The number of rotatable bonds is 15. The number of carbonyl (C=O) groups is 3. The molecule has 5 heterocycles. The Morgan fingerprint density at radius 3 is 1.95 bits per heavy atom. The number of hydrogen-bond donors (Lipinski definition) is 1. The first-order valence-electron chi connectivity index (χ1n) is 18.0. The number of aromatic nitrogens is 4. The minimum atomic E-state index is -4.77. The molecule has 0 aliphatic carbocycles. The number of alkyl halides is 3. The molecular weight excluding hydrogens is 945 g/mol. The van der Waals surface area contributed by atoms with Crippen LogP contribution in [0.3, 0.4) is 0 Å². The van der Waals surface area contributed by atoms with E-state index >= 15 is 0 Å². The van der Waals surface area contributed by atoms with Crippen molar-refractivity contribution in [2.75, 3.05) is 0 Å². The molecule has 5 aromatic heterocycles. The van der Waals surface area contributed by atoms with E-state index in [-0.39, 0.29) is 43.9 Å². The maximum atomic E-state index is 12.4. The van der Waals surface area contributed by atoms with Gasteiger partial charge in [-0.2, -0.15) is 18.3 Å². The molecule has 63 heavy (non-hydrogen) atoms. The third-order valence-electron chi connectivity index (χ3n) is 7.69. The Morgan fingerprint density at radius 1 is 0.825 bits per heavy atom. The summed E-state index contributed by atoms with van der Waals surface area (Å²) in [7, 11) is 0. The fourth-order valence-electron chi connectivity index (χ4n) is 4.93. The smallest absolute Gasteiger partial charge is 0.753 e. The molecule has 13 nitrogen and oxygen atoms in total. The van der Waals surface area contributed by atoms with Crippen molar-refractivity contribution >= 4 is 71.7 Å². The van der Waals surface area contributed by atoms with Gasteiger partial charge in [0, 0.05) is 57.3 Å². The van der Waals surface area contributed by atoms with Crippen molar-refractivity contribution < 1.29 is 61.2 Å². The number of thiocarbonyl (C=S) groups is 1. The van der Waals surface area contributed by atoms with Crippen molar-refractivity contribution in [1.82, 2.24) is 19.9 Å². The summed E-state index contributed by atoms with van der Waals surface area (Å²) in [6.45, 7) is 2.93. The van der Waals surface area contributed by atoms with Crippen LogP contribution in [0.1, 0.15) is 64.7 Å². The average Bonchev–Trinajstić information content (AvgIpc) is 3.73. The molecule has 5 aromatic rings. The van der Waals surface area contributed by atoms with Gasteiger partial charge >= 0.3 is 38.6 Å². The Kier molecular flexibility index (Phi) is 23.6. The molecule has 0 amide bonds. The van der Waals surface area contributed by atoms with E-state index in [4.69, 9.17) is 21.3 Å². The van der Waals surface area contributed by atoms with E-state index in [1.54, 1.807) is 41.7 Å². The molecule has 0 bridgehead atoms. The number of unbranched alkanes of at least 4 members (excludes halogenated alkanes) is 3. The van der Waals surface area contributed by atoms with Crippen LogP contribution in [0.2, 0.25) is 0 Å². The molecule has 0 fully saturated rings. The Morgan fingerprint density at radius 2 is 1.41 bits per heavy atom. The molecule has 0 atom stereocenters. The number of thiophene rings is 1. The third kappa shape index (κ3) is 19.1. The number of allylic oxidation sites excluding steroid dienone is 1. The summed E-state index contributed by atoms with van der Waals surface area (Å²) in [6.07, 6.45) is 14.4. The second-order valence-electron chi connectivity index (χ2n) is 12.0. The van der Waals surface area contributed by atoms with Crippen LogP contribution in [0.15, 0.2) is 85.3 Å². The van der Waals surface area contributed by atoms with Gasteiger partial charge in [0.05, 0.1) is 22.8 Å². The Bertz CT molecular complexity index is 2470. The second-order valence-corrected chi connectivity index (χ2v) is 13.4. The van der Waals surface area contributed by atoms with E-state index in [1.165, 1.54) is 72.5 Å². The van der Waals surface area contributed by atoms with Crippen molar-refractivity contribution in [3.05, 3.63) is 129 Å². The molecule has 0 unspecified atom stereocenters. The molecule has 2 N–H and O–H groups in total. The minimum absolute atomic E-state index is 0. The quantitative estimate of drug-likeness (QED) is 0.0261. The number of ether oxygens (including phenoxy) is 3. The number of isothiocyanates is 1. The first-order chi connectivity index (χ1) is 29.9. The molecule has 0 aromatic carbocycles. The van der Waals surface area contributed by atoms with Gasteiger partial charge in [0.15, 0.2) is 0 Å². The van der Waals surface area contributed by atoms with Gasteiger partial charge < -0.3 is 25.4 Å². The Hall–Kier alpha value is -7.01. The molecule has 0 radical (unpaired) electrons. The number of carbonyl (C=O) groups excluding carboxylic acids is 3. The molecular formula is C44H34F3N7O6RuS2. The van der Waals surface area contributed by atoms with Gasteiger partial charge in [0.2, 0.25) is 0 Å². The van der Waals surface area contributed by atoms with Crippen LogP contribution in [0.5, 0.6) is 5.75 Å². The topological polar surface area (TPSA) is 200 Å². The van der Waals surface area contributed by atoms with Crippen LogP contribution < -0.4 is 4.74 Å². The normalized spacial score (nSPS) is 10.3. The fraction of sp³-hybridized carbons (Fsp3) is 0.159. The first kappa shape index (κ1) is 52.1. The van der Waals surface area contributed by atoms with Crippen LogP contribution in [0, 0.1) is 29.5 Å². The van der Waals surface area contributed by atoms with E-state index < -0.39 is 17.6 Å². The summed E-state index contributed by atoms with van der Waals surface area (Å²) in [5.41, 5.74) is 9.28. The zero-order valence-electron chi connectivity index (χ0n) is 33.0. The molecule has 0 spiro atoms. The van der Waals surface area contributed by atoms with Crippen molar-refractivity contribution in [2.45, 2.75) is 45.2 Å². The average molecular weight is 979 g/mol. The summed E-state index contributed by atoms with van der Waals surface area (Å²) in [5.74, 6) is 5.52. The van der Waals surface area contributed by atoms with E-state index in [9.17, 15) is 27.6 Å². The maximum Gasteiger partial charge on any atom is 2.00 e. The number of nitrogens with zero attached hydrogens (tertiary/aromatic N) is 5. The predicted octanol–water partition coefficient (Wildman–Crippen LogP) is 9.77. The van der Waals surface area contributed by atoms with Gasteiger partial charge in [-0.1, -0.05) is 44.5 Å². The van der Waals surface area contributed by atoms with Crippen LogP contribution >= 0.6 is 23.6 Å². The van der Waals surface area contributed by atoms with E-state index in [1.807, 2.05) is 12.2 Å². The summed E-state index contributed by atoms with van der Waals surface area (Å²) in [4.78, 5) is 50.8. The maximum absolute atomic E-state index is 12.4. The minimum Gasteiger partial charge on any atom is -0.753 e. The fourth-order valence-corrected chi connectivity index (χ4v) is 5.89. The van der Waals surface area contributed by atoms with E-state index in [2.05, 4.69) is 84.7 Å². The standard InChI is InChI=1S/C22H11N3O6.C21H23F3N3S.CNS.Ru/c26-13-29-7-3-16-1-5-23-19(9-16)21-11-18(31-15-28)12-22(25-21)20-10-17(2-6-24-20)4-8-30-14-27;1-2-3-4-5-6-16-9-10-17(28-16)8-7-15-11-12-27-19(13-15)18(25)14-20(26)21(22,23)24;2-1-3;/h1-2,5-6,9-15H;7-14,25-26H,2-6H2,1H3;;/q;2*-1;+2/b;8-7+,18-14-,26-20?;;. The Balaban J connectivity index is 0.000000404. The van der Waals surface area contributed by atoms with Crippen LogP contribution in [-0.2, 0) is 49.8 Å². The molecule has 5 rings (SSSR count). The molecule has 0 saturated heterocycles. The van der Waals surface area contributed by atoms with Gasteiger partial charge in [-0.3, -0.25) is 34.7 Å². The number of nitrogens with one attached hydrogen (secondary N) is 2. The zero-order chi connectivity index (χ0) is 45.2. The monoisotopic (exact) mass is 979 g/mol. The van der Waals surface area contributed by atoms with Crippen molar-refractivity contribution in [3.63, 3.8) is 0 Å². The van der Waals surface area contributed by atoms with Crippen LogP contribution in [0.4, 0.5) is 13.2 Å². The van der Waals surface area contributed by atoms with Gasteiger partial charge in [-0.05, 0) is 90.9 Å². The Labute approximate surface area is 382 Å². The van der Waals surface area contributed by atoms with E-state index in [0.29, 0.717) is 46.5 Å². The number of halogens is 3. The molecule has 0 aliphatic heterocycles. The largest absolute Gasteiger partial charge is 2.00 e. The molecule has 0 aliphatic rings. The number of hydrogen-bond acceptors (Lipinski definition) is 13. The van der Waals surface area contributed by atoms with Gasteiger partial charge in [-0.25, -0.2) is 4.98 Å². The van der Waals surface area contributed by atoms with Crippen LogP contribution in [-0.4, -0.2) is 56.4 Å². The first-order valence-corrected chi connectivity index (χ1v) is 19.3. The second kappa shape index (κ2) is 28.5. The van der Waals surface area contributed by atoms with Gasteiger partial charge in [-0.15, -0.1) is 17.0 Å². The van der Waals surface area contributed by atoms with Crippen molar-refractivity contribution in [3.8, 4) is 52.6 Å². The number of pyridine rings is 4. The van der Waals surface area contributed by atoms with Crippen molar-refractivity contribution in [2.24, 2.45) is 0 Å². The zero-order valence-corrected chi connectivity index (χ0v) is 36.4. The predicted molar refractivity (Wildman–Crippen MR) is 233 cm³/mol. The molecule has 19 heteroatoms. The van der Waals surface area contributed by atoms with Crippen molar-refractivity contribution in [1.29, 1.82) is 5.41 Å². The van der Waals surface area contributed by atoms with E-state index in [0.717, 1.165) is 16.9 Å². The SMILES string of the molecule is CCCCCCc1ccc(/C=C/c2ccnc(/C([NH-])=C/C(=N)C(F)(F)F)c2)s1.O=COC#Cc1ccnc(-c2cc(OC=O)cc(-c3cc(C#COC=O)ccn3)n2)c1.[N-]=C=S.[Ru+2]. The summed E-state index contributed by atoms with van der Waals surface area (Å²) in [6, 6.07) is 17.0. The molecule has 0 saturated carbocycles. The van der Waals surface area contributed by atoms with Gasteiger partial charge in [0.1, 0.15) is 23.7 Å². The number of aryl methyl sites for hydroxylation is 1. The summed E-state index contributed by atoms with van der Waals surface area (Å²) in [5, 5.41) is 15.4. The van der Waals surface area contributed by atoms with Gasteiger partial charge in [0.25, 0.3) is 6.47 Å².